The van der Waals surface area contributed by atoms with Gasteiger partial charge in [-0.15, -0.1) is 0 Å². The molecular formula is C9H12N2O4. The van der Waals surface area contributed by atoms with Crippen molar-refractivity contribution in [2.24, 2.45) is 0 Å². The standard InChI is InChI=1S/C9H12N2O4/c1-6-8(9(12)13)10-5-7(11-6)15-4-3-14-2/h5H,3-4H2,1-2H3,(H,12,13). The quantitative estimate of drug-likeness (QED) is 0.716. The van der Waals surface area contributed by atoms with Crippen LogP contribution in [-0.2, 0) is 4.74 Å². The summed E-state index contributed by atoms with van der Waals surface area (Å²) in [5, 5.41) is 8.71. The first-order valence-corrected chi connectivity index (χ1v) is 4.34. The minimum Gasteiger partial charge on any atom is -0.476 e. The van der Waals surface area contributed by atoms with Crippen LogP contribution in [0.5, 0.6) is 5.88 Å². The maximum absolute atomic E-state index is 10.6. The van der Waals surface area contributed by atoms with Gasteiger partial charge in [0.2, 0.25) is 5.88 Å². The van der Waals surface area contributed by atoms with Crippen molar-refractivity contribution in [3.63, 3.8) is 0 Å². The van der Waals surface area contributed by atoms with E-state index in [1.165, 1.54) is 6.20 Å². The second-order valence-electron chi connectivity index (χ2n) is 2.79. The first kappa shape index (κ1) is 11.4. The molecule has 0 aliphatic carbocycles. The summed E-state index contributed by atoms with van der Waals surface area (Å²) in [7, 11) is 1.56. The lowest BCUT2D eigenvalue weighted by molar-refractivity contribution is 0.0688. The molecule has 0 unspecified atom stereocenters. The number of ether oxygens (including phenoxy) is 2. The van der Waals surface area contributed by atoms with Gasteiger partial charge in [-0.1, -0.05) is 0 Å². The molecule has 0 fully saturated rings. The highest BCUT2D eigenvalue weighted by atomic mass is 16.5. The van der Waals surface area contributed by atoms with E-state index in [2.05, 4.69) is 9.97 Å². The number of nitrogens with zero attached hydrogens (tertiary/aromatic N) is 2. The molecule has 0 saturated carbocycles. The first-order valence-electron chi connectivity index (χ1n) is 4.34. The second-order valence-corrected chi connectivity index (χ2v) is 2.79. The largest absolute Gasteiger partial charge is 0.476 e. The third kappa shape index (κ3) is 3.17. The fourth-order valence-electron chi connectivity index (χ4n) is 0.969. The molecule has 1 aromatic rings. The molecule has 0 spiro atoms. The van der Waals surface area contributed by atoms with E-state index in [9.17, 15) is 4.79 Å². The predicted octanol–water partition coefficient (Wildman–Crippen LogP) is 0.508. The van der Waals surface area contributed by atoms with Crippen LogP contribution in [0.1, 0.15) is 16.2 Å². The van der Waals surface area contributed by atoms with Crippen molar-refractivity contribution in [3.05, 3.63) is 17.6 Å². The first-order chi connectivity index (χ1) is 7.15. The zero-order chi connectivity index (χ0) is 11.3. The molecule has 82 valence electrons. The summed E-state index contributed by atoms with van der Waals surface area (Å²) in [5.41, 5.74) is 0.270. The van der Waals surface area contributed by atoms with E-state index < -0.39 is 5.97 Å². The maximum atomic E-state index is 10.6. The van der Waals surface area contributed by atoms with Crippen molar-refractivity contribution < 1.29 is 19.4 Å². The monoisotopic (exact) mass is 212 g/mol. The zero-order valence-electron chi connectivity index (χ0n) is 8.56. The lowest BCUT2D eigenvalue weighted by Gasteiger charge is -2.05. The van der Waals surface area contributed by atoms with Crippen molar-refractivity contribution >= 4 is 5.97 Å². The van der Waals surface area contributed by atoms with Gasteiger partial charge in [-0.05, 0) is 6.92 Å². The Hall–Kier alpha value is -1.69. The highest BCUT2D eigenvalue weighted by Gasteiger charge is 2.10. The maximum Gasteiger partial charge on any atom is 0.356 e. The van der Waals surface area contributed by atoms with Gasteiger partial charge in [-0.2, -0.15) is 0 Å². The third-order valence-electron chi connectivity index (χ3n) is 1.66. The normalized spacial score (nSPS) is 10.0. The Bertz CT molecular complexity index is 354. The number of methoxy groups -OCH3 is 1. The number of aromatic nitrogens is 2. The van der Waals surface area contributed by atoms with Gasteiger partial charge in [0.15, 0.2) is 5.69 Å². The number of carboxylic acid groups (broad SMARTS) is 1. The van der Waals surface area contributed by atoms with Gasteiger partial charge < -0.3 is 14.6 Å². The molecule has 1 N–H and O–H groups in total. The Labute approximate surface area is 86.9 Å². The van der Waals surface area contributed by atoms with Crippen molar-refractivity contribution in [1.29, 1.82) is 0 Å². The molecule has 1 rings (SSSR count). The summed E-state index contributed by atoms with van der Waals surface area (Å²) in [5.74, 6) is -0.794. The van der Waals surface area contributed by atoms with Gasteiger partial charge in [-0.25, -0.2) is 14.8 Å². The Balaban J connectivity index is 2.69. The van der Waals surface area contributed by atoms with Gasteiger partial charge in [0.1, 0.15) is 6.61 Å². The fraction of sp³-hybridized carbons (Fsp3) is 0.444. The molecule has 0 bridgehead atoms. The van der Waals surface area contributed by atoms with Crippen LogP contribution in [0.3, 0.4) is 0 Å². The summed E-state index contributed by atoms with van der Waals surface area (Å²) < 4.78 is 9.96. The van der Waals surface area contributed by atoms with Crippen molar-refractivity contribution in [2.75, 3.05) is 20.3 Å². The van der Waals surface area contributed by atoms with Gasteiger partial charge >= 0.3 is 5.97 Å². The van der Waals surface area contributed by atoms with E-state index >= 15 is 0 Å². The number of hydrogen-bond donors (Lipinski definition) is 1. The molecule has 0 amide bonds. The van der Waals surface area contributed by atoms with Crippen LogP contribution in [0.2, 0.25) is 0 Å². The van der Waals surface area contributed by atoms with Crippen LogP contribution < -0.4 is 4.74 Å². The average Bonchev–Trinajstić information content (AvgIpc) is 2.17. The van der Waals surface area contributed by atoms with Gasteiger partial charge in [0, 0.05) is 7.11 Å². The van der Waals surface area contributed by atoms with E-state index in [0.717, 1.165) is 0 Å². The van der Waals surface area contributed by atoms with E-state index in [0.29, 0.717) is 24.8 Å². The van der Waals surface area contributed by atoms with Gasteiger partial charge in [0.25, 0.3) is 0 Å². The summed E-state index contributed by atoms with van der Waals surface area (Å²) in [6.07, 6.45) is 1.28. The van der Waals surface area contributed by atoms with Crippen LogP contribution >= 0.6 is 0 Å². The Kier molecular flexibility index (Phi) is 3.99. The molecule has 0 atom stereocenters. The molecular weight excluding hydrogens is 200 g/mol. The molecule has 1 heterocycles. The van der Waals surface area contributed by atoms with Crippen LogP contribution in [-0.4, -0.2) is 41.4 Å². The summed E-state index contributed by atoms with van der Waals surface area (Å²) in [6, 6.07) is 0. The van der Waals surface area contributed by atoms with Crippen LogP contribution in [0.4, 0.5) is 0 Å². The van der Waals surface area contributed by atoms with E-state index in [4.69, 9.17) is 14.6 Å². The van der Waals surface area contributed by atoms with E-state index in [1.54, 1.807) is 14.0 Å². The van der Waals surface area contributed by atoms with E-state index in [1.807, 2.05) is 0 Å². The molecule has 6 nitrogen and oxygen atoms in total. The molecule has 0 radical (unpaired) electrons. The van der Waals surface area contributed by atoms with Crippen LogP contribution in [0.25, 0.3) is 0 Å². The lowest BCUT2D eigenvalue weighted by atomic mass is 10.3. The second kappa shape index (κ2) is 5.26. The van der Waals surface area contributed by atoms with Crippen LogP contribution in [0.15, 0.2) is 6.20 Å². The topological polar surface area (TPSA) is 81.5 Å². The number of aryl methyl sites for hydroxylation is 1. The molecule has 1 aromatic heterocycles. The van der Waals surface area contributed by atoms with Crippen LogP contribution in [0, 0.1) is 6.92 Å². The van der Waals surface area contributed by atoms with E-state index in [-0.39, 0.29) is 5.69 Å². The SMILES string of the molecule is COCCOc1cnc(C(=O)O)c(C)n1. The Morgan fingerprint density at radius 1 is 1.53 bits per heavy atom. The number of rotatable bonds is 5. The van der Waals surface area contributed by atoms with Crippen molar-refractivity contribution in [1.82, 2.24) is 9.97 Å². The summed E-state index contributed by atoms with van der Waals surface area (Å²) in [6.45, 7) is 2.37. The molecule has 0 aromatic carbocycles. The summed E-state index contributed by atoms with van der Waals surface area (Å²) >= 11 is 0. The highest BCUT2D eigenvalue weighted by Crippen LogP contribution is 2.08. The molecule has 0 aliphatic heterocycles. The van der Waals surface area contributed by atoms with Gasteiger partial charge in [-0.3, -0.25) is 0 Å². The average molecular weight is 212 g/mol. The van der Waals surface area contributed by atoms with Gasteiger partial charge in [0.05, 0.1) is 18.5 Å². The highest BCUT2D eigenvalue weighted by molar-refractivity contribution is 5.86. The molecule has 0 saturated heterocycles. The molecule has 15 heavy (non-hydrogen) atoms. The van der Waals surface area contributed by atoms with Crippen molar-refractivity contribution in [3.8, 4) is 5.88 Å². The Morgan fingerprint density at radius 3 is 2.80 bits per heavy atom. The summed E-state index contributed by atoms with van der Waals surface area (Å²) in [4.78, 5) is 18.3. The number of carbonyl (C=O) groups is 1. The zero-order valence-corrected chi connectivity index (χ0v) is 8.56. The predicted molar refractivity (Wildman–Crippen MR) is 51.1 cm³/mol. The fourth-order valence-corrected chi connectivity index (χ4v) is 0.969. The minimum absolute atomic E-state index is 0.0610. The molecule has 6 heteroatoms. The molecule has 0 aliphatic rings. The number of carboxylic acids is 1. The smallest absolute Gasteiger partial charge is 0.356 e. The third-order valence-corrected chi connectivity index (χ3v) is 1.66. The van der Waals surface area contributed by atoms with Crippen molar-refractivity contribution in [2.45, 2.75) is 6.92 Å². The number of hydrogen-bond acceptors (Lipinski definition) is 5. The lowest BCUT2D eigenvalue weighted by Crippen LogP contribution is -2.09. The Morgan fingerprint density at radius 2 is 2.27 bits per heavy atom. The number of aromatic carboxylic acids is 1. The minimum atomic E-state index is -1.09.